The Morgan fingerprint density at radius 1 is 1.30 bits per heavy atom. The molecular formula is C17H29NO2. The molecule has 0 bridgehead atoms. The minimum absolute atomic E-state index is 0.427. The van der Waals surface area contributed by atoms with Crippen LogP contribution in [0.15, 0.2) is 10.5 Å². The smallest absolute Gasteiger partial charge is 0.130 e. The van der Waals surface area contributed by atoms with Crippen LogP contribution in [-0.4, -0.2) is 12.6 Å². The molecule has 20 heavy (non-hydrogen) atoms. The van der Waals surface area contributed by atoms with Gasteiger partial charge in [-0.2, -0.15) is 0 Å². The topological polar surface area (TPSA) is 34.4 Å². The van der Waals surface area contributed by atoms with E-state index >= 15 is 0 Å². The van der Waals surface area contributed by atoms with E-state index in [1.807, 2.05) is 0 Å². The van der Waals surface area contributed by atoms with E-state index in [2.05, 4.69) is 32.2 Å². The predicted octanol–water partition coefficient (Wildman–Crippen LogP) is 4.18. The zero-order valence-electron chi connectivity index (χ0n) is 13.2. The number of ether oxygens (including phenoxy) is 1. The van der Waals surface area contributed by atoms with Crippen LogP contribution >= 0.6 is 0 Å². The maximum absolute atomic E-state index is 6.13. The minimum Gasteiger partial charge on any atom is -0.462 e. The van der Waals surface area contributed by atoms with Gasteiger partial charge in [-0.25, -0.2) is 0 Å². The zero-order valence-corrected chi connectivity index (χ0v) is 13.2. The Bertz CT molecular complexity index is 400. The fourth-order valence-electron chi connectivity index (χ4n) is 3.12. The van der Waals surface area contributed by atoms with E-state index in [-0.39, 0.29) is 0 Å². The van der Waals surface area contributed by atoms with Crippen molar-refractivity contribution >= 4 is 0 Å². The minimum atomic E-state index is 0.427. The van der Waals surface area contributed by atoms with Gasteiger partial charge in [-0.3, -0.25) is 0 Å². The van der Waals surface area contributed by atoms with Gasteiger partial charge in [-0.1, -0.05) is 33.1 Å². The molecule has 1 saturated carbocycles. The Hall–Kier alpha value is -0.800. The highest BCUT2D eigenvalue weighted by molar-refractivity contribution is 5.19. The average Bonchev–Trinajstić information content (AvgIpc) is 2.83. The molecule has 0 aromatic carbocycles. The number of aryl methyl sites for hydroxylation is 1. The summed E-state index contributed by atoms with van der Waals surface area (Å²) in [5.41, 5.74) is 1.22. The second-order valence-corrected chi connectivity index (χ2v) is 5.90. The van der Waals surface area contributed by atoms with Gasteiger partial charge < -0.3 is 14.5 Å². The molecule has 0 saturated heterocycles. The molecular weight excluding hydrogens is 250 g/mol. The highest BCUT2D eigenvalue weighted by Crippen LogP contribution is 2.30. The van der Waals surface area contributed by atoms with Crippen molar-refractivity contribution in [1.82, 2.24) is 5.32 Å². The third kappa shape index (κ3) is 4.10. The van der Waals surface area contributed by atoms with Crippen molar-refractivity contribution in [1.29, 1.82) is 0 Å². The molecule has 0 spiro atoms. The summed E-state index contributed by atoms with van der Waals surface area (Å²) in [6.07, 6.45) is 6.87. The van der Waals surface area contributed by atoms with Gasteiger partial charge in [0.15, 0.2) is 0 Å². The number of hydrogen-bond donors (Lipinski definition) is 1. The maximum Gasteiger partial charge on any atom is 0.130 e. The Morgan fingerprint density at radius 3 is 2.85 bits per heavy atom. The third-order valence-corrected chi connectivity index (χ3v) is 4.41. The lowest BCUT2D eigenvalue weighted by atomic mass is 9.85. The summed E-state index contributed by atoms with van der Waals surface area (Å²) in [7, 11) is 0. The van der Waals surface area contributed by atoms with E-state index in [1.54, 1.807) is 0 Å². The van der Waals surface area contributed by atoms with Gasteiger partial charge in [0.1, 0.15) is 18.1 Å². The molecule has 0 amide bonds. The van der Waals surface area contributed by atoms with Crippen LogP contribution in [0.2, 0.25) is 0 Å². The van der Waals surface area contributed by atoms with Crippen LogP contribution in [0.25, 0.3) is 0 Å². The molecule has 1 N–H and O–H groups in total. The molecule has 1 fully saturated rings. The van der Waals surface area contributed by atoms with Gasteiger partial charge in [0.25, 0.3) is 0 Å². The van der Waals surface area contributed by atoms with Gasteiger partial charge in [0.2, 0.25) is 0 Å². The van der Waals surface area contributed by atoms with Crippen molar-refractivity contribution in [3.8, 4) is 0 Å². The number of nitrogens with one attached hydrogen (secondary N) is 1. The van der Waals surface area contributed by atoms with E-state index in [9.17, 15) is 0 Å². The van der Waals surface area contributed by atoms with Crippen molar-refractivity contribution in [2.45, 2.75) is 72.1 Å². The predicted molar refractivity (Wildman–Crippen MR) is 81.7 cm³/mol. The van der Waals surface area contributed by atoms with Crippen LogP contribution in [0.4, 0.5) is 0 Å². The standard InChI is InChI=1S/C17H29NO2/c1-4-14-8-6-7-9-16(14)19-12-15-10-13(3)17(20-15)11-18-5-2/h10,14,16,18H,4-9,11-12H2,1-3H3. The number of furan rings is 1. The molecule has 114 valence electrons. The second-order valence-electron chi connectivity index (χ2n) is 5.90. The summed E-state index contributed by atoms with van der Waals surface area (Å²) < 4.78 is 12.0. The van der Waals surface area contributed by atoms with E-state index in [1.165, 1.54) is 37.7 Å². The van der Waals surface area contributed by atoms with E-state index in [4.69, 9.17) is 9.15 Å². The number of hydrogen-bond acceptors (Lipinski definition) is 3. The summed E-state index contributed by atoms with van der Waals surface area (Å²) in [5.74, 6) is 2.75. The highest BCUT2D eigenvalue weighted by Gasteiger charge is 2.24. The van der Waals surface area contributed by atoms with E-state index < -0.39 is 0 Å². The van der Waals surface area contributed by atoms with Gasteiger partial charge in [0, 0.05) is 0 Å². The lowest BCUT2D eigenvalue weighted by Gasteiger charge is -2.30. The van der Waals surface area contributed by atoms with Crippen LogP contribution in [0.5, 0.6) is 0 Å². The Balaban J connectivity index is 1.86. The normalized spacial score (nSPS) is 23.1. The highest BCUT2D eigenvalue weighted by atomic mass is 16.5. The van der Waals surface area contributed by atoms with Gasteiger partial charge in [-0.05, 0) is 43.9 Å². The maximum atomic E-state index is 6.13. The fraction of sp³-hybridized carbons (Fsp3) is 0.765. The first-order valence-electron chi connectivity index (χ1n) is 8.15. The molecule has 1 aromatic rings. The van der Waals surface area contributed by atoms with Crippen molar-refractivity contribution < 1.29 is 9.15 Å². The van der Waals surface area contributed by atoms with Crippen molar-refractivity contribution in [3.05, 3.63) is 23.2 Å². The van der Waals surface area contributed by atoms with E-state index in [0.717, 1.165) is 30.5 Å². The molecule has 1 aromatic heterocycles. The third-order valence-electron chi connectivity index (χ3n) is 4.41. The SMILES string of the molecule is CCNCc1oc(COC2CCCCC2CC)cc1C. The summed E-state index contributed by atoms with van der Waals surface area (Å²) >= 11 is 0. The van der Waals surface area contributed by atoms with Gasteiger partial charge in [0.05, 0.1) is 12.6 Å². The molecule has 2 unspecified atom stereocenters. The van der Waals surface area contributed by atoms with E-state index in [0.29, 0.717) is 12.7 Å². The molecule has 1 heterocycles. The largest absolute Gasteiger partial charge is 0.462 e. The second kappa shape index (κ2) is 7.84. The summed E-state index contributed by atoms with van der Waals surface area (Å²) in [6.45, 7) is 8.88. The molecule has 0 radical (unpaired) electrons. The summed E-state index contributed by atoms with van der Waals surface area (Å²) in [5, 5.41) is 3.31. The Morgan fingerprint density at radius 2 is 2.10 bits per heavy atom. The lowest BCUT2D eigenvalue weighted by Crippen LogP contribution is -2.27. The van der Waals surface area contributed by atoms with Crippen molar-refractivity contribution in [2.24, 2.45) is 5.92 Å². The Kier molecular flexibility index (Phi) is 6.11. The van der Waals surface area contributed by atoms with Gasteiger partial charge >= 0.3 is 0 Å². The molecule has 0 aliphatic heterocycles. The number of rotatable bonds is 7. The average molecular weight is 279 g/mol. The van der Waals surface area contributed by atoms with Crippen LogP contribution in [0, 0.1) is 12.8 Å². The van der Waals surface area contributed by atoms with Crippen molar-refractivity contribution in [2.75, 3.05) is 6.54 Å². The summed E-state index contributed by atoms with van der Waals surface area (Å²) in [6, 6.07) is 2.12. The van der Waals surface area contributed by atoms with Crippen LogP contribution in [-0.2, 0) is 17.9 Å². The van der Waals surface area contributed by atoms with Gasteiger partial charge in [-0.15, -0.1) is 0 Å². The molecule has 3 heteroatoms. The monoisotopic (exact) mass is 279 g/mol. The molecule has 1 aliphatic rings. The van der Waals surface area contributed by atoms with Crippen LogP contribution in [0.3, 0.4) is 0 Å². The van der Waals surface area contributed by atoms with Crippen LogP contribution < -0.4 is 5.32 Å². The summed E-state index contributed by atoms with van der Waals surface area (Å²) in [4.78, 5) is 0. The zero-order chi connectivity index (χ0) is 14.4. The lowest BCUT2D eigenvalue weighted by molar-refractivity contribution is -0.0286. The Labute approximate surface area is 123 Å². The quantitative estimate of drug-likeness (QED) is 0.813. The molecule has 1 aliphatic carbocycles. The first kappa shape index (κ1) is 15.6. The molecule has 2 rings (SSSR count). The van der Waals surface area contributed by atoms with Crippen molar-refractivity contribution in [3.63, 3.8) is 0 Å². The molecule has 2 atom stereocenters. The fourth-order valence-corrected chi connectivity index (χ4v) is 3.12. The molecule has 3 nitrogen and oxygen atoms in total. The first-order valence-corrected chi connectivity index (χ1v) is 8.15. The first-order chi connectivity index (χ1) is 9.74. The van der Waals surface area contributed by atoms with Crippen LogP contribution in [0.1, 0.15) is 63.0 Å².